The van der Waals surface area contributed by atoms with E-state index in [4.69, 9.17) is 15.2 Å². The van der Waals surface area contributed by atoms with Crippen molar-refractivity contribution in [3.63, 3.8) is 0 Å². The van der Waals surface area contributed by atoms with Gasteiger partial charge in [0.1, 0.15) is 17.9 Å². The van der Waals surface area contributed by atoms with E-state index < -0.39 is 5.82 Å². The number of hydrogen-bond acceptors (Lipinski definition) is 8. The molecule has 2 atom stereocenters. The average molecular weight is 470 g/mol. The molecule has 3 aliphatic heterocycles. The van der Waals surface area contributed by atoms with Crippen molar-refractivity contribution in [1.82, 2.24) is 14.9 Å². The Morgan fingerprint density at radius 3 is 2.76 bits per heavy atom. The summed E-state index contributed by atoms with van der Waals surface area (Å²) in [5, 5.41) is 0. The van der Waals surface area contributed by atoms with Crippen molar-refractivity contribution >= 4 is 11.6 Å². The van der Waals surface area contributed by atoms with Gasteiger partial charge in [-0.2, -0.15) is 0 Å². The number of nitrogens with zero attached hydrogens (tertiary/aromatic N) is 4. The van der Waals surface area contributed by atoms with Gasteiger partial charge in [0.25, 0.3) is 0 Å². The lowest BCUT2D eigenvalue weighted by Crippen LogP contribution is -2.61. The summed E-state index contributed by atoms with van der Waals surface area (Å²) in [6.07, 6.45) is 7.78. The second kappa shape index (κ2) is 9.56. The maximum absolute atomic E-state index is 13.6. The lowest BCUT2D eigenvalue weighted by Gasteiger charge is -2.54. The molecule has 2 aromatic rings. The van der Waals surface area contributed by atoms with Gasteiger partial charge in [0.2, 0.25) is 0 Å². The molecule has 2 N–H and O–H groups in total. The number of piperidine rings is 1. The van der Waals surface area contributed by atoms with Crippen molar-refractivity contribution < 1.29 is 18.7 Å². The monoisotopic (exact) mass is 469 g/mol. The summed E-state index contributed by atoms with van der Waals surface area (Å²) in [6.45, 7) is 7.02. The third kappa shape index (κ3) is 4.92. The quantitative estimate of drug-likeness (QED) is 0.646. The Balaban J connectivity index is 1.19. The van der Waals surface area contributed by atoms with Crippen molar-refractivity contribution in [2.45, 2.75) is 44.8 Å². The Hall–Kier alpha value is -2.62. The summed E-state index contributed by atoms with van der Waals surface area (Å²) in [5.74, 6) is 0.741. The number of carbonyl (C=O) groups excluding carboxylic acids is 1. The minimum Gasteiger partial charge on any atom is -0.451 e. The van der Waals surface area contributed by atoms with Gasteiger partial charge >= 0.3 is 0 Å². The number of anilines is 1. The highest BCUT2D eigenvalue weighted by Gasteiger charge is 2.46. The average Bonchev–Trinajstić information content (AvgIpc) is 2.81. The molecule has 1 aromatic carbocycles. The number of likely N-dealkylation sites (tertiary alicyclic amines) is 1. The number of nitrogens with two attached hydrogens (primary N) is 1. The van der Waals surface area contributed by atoms with Crippen molar-refractivity contribution in [3.05, 3.63) is 42.1 Å². The highest BCUT2D eigenvalue weighted by atomic mass is 19.1. The second-order valence-electron chi connectivity index (χ2n) is 9.96. The van der Waals surface area contributed by atoms with Crippen molar-refractivity contribution in [2.24, 2.45) is 11.1 Å². The summed E-state index contributed by atoms with van der Waals surface area (Å²) in [5.41, 5.74) is 6.43. The van der Waals surface area contributed by atoms with Crippen LogP contribution in [0.1, 0.15) is 43.0 Å². The molecule has 0 radical (unpaired) electrons. The van der Waals surface area contributed by atoms with Gasteiger partial charge in [-0.25, -0.2) is 14.4 Å². The van der Waals surface area contributed by atoms with Gasteiger partial charge in [-0.3, -0.25) is 4.79 Å². The highest BCUT2D eigenvalue weighted by Crippen LogP contribution is 2.45. The lowest BCUT2D eigenvalue weighted by atomic mass is 9.72. The van der Waals surface area contributed by atoms with Crippen LogP contribution in [0.15, 0.2) is 30.7 Å². The first-order valence-electron chi connectivity index (χ1n) is 12.0. The molecule has 34 heavy (non-hydrogen) atoms. The zero-order valence-electron chi connectivity index (χ0n) is 19.6. The van der Waals surface area contributed by atoms with Gasteiger partial charge in [-0.15, -0.1) is 0 Å². The molecule has 0 aliphatic carbocycles. The Bertz CT molecular complexity index is 1030. The first-order valence-corrected chi connectivity index (χ1v) is 12.0. The van der Waals surface area contributed by atoms with E-state index in [0.717, 1.165) is 58.4 Å². The number of ketones is 1. The first-order chi connectivity index (χ1) is 16.4. The molecular weight excluding hydrogens is 437 g/mol. The Labute approximate surface area is 199 Å². The molecule has 1 spiro atoms. The van der Waals surface area contributed by atoms with E-state index >= 15 is 0 Å². The molecule has 9 heteroatoms. The zero-order valence-corrected chi connectivity index (χ0v) is 19.6. The number of carbonyl (C=O) groups is 1. The summed E-state index contributed by atoms with van der Waals surface area (Å²) in [6, 6.07) is 4.14. The molecular formula is C25H32FN5O3. The Kier molecular flexibility index (Phi) is 6.50. The maximum Gasteiger partial charge on any atom is 0.188 e. The summed E-state index contributed by atoms with van der Waals surface area (Å²) in [4.78, 5) is 25.2. The normalized spacial score (nSPS) is 24.6. The molecule has 5 rings (SSSR count). The van der Waals surface area contributed by atoms with Gasteiger partial charge in [0.05, 0.1) is 24.5 Å². The molecule has 3 fully saturated rings. The van der Waals surface area contributed by atoms with Crippen LogP contribution in [-0.2, 0) is 4.74 Å². The molecule has 1 aromatic heterocycles. The van der Waals surface area contributed by atoms with E-state index in [2.05, 4.69) is 19.8 Å². The number of rotatable bonds is 6. The van der Waals surface area contributed by atoms with E-state index in [1.54, 1.807) is 6.20 Å². The smallest absolute Gasteiger partial charge is 0.188 e. The van der Waals surface area contributed by atoms with Crippen LogP contribution in [0.3, 0.4) is 0 Å². The summed E-state index contributed by atoms with van der Waals surface area (Å²) in [7, 11) is 0. The van der Waals surface area contributed by atoms with Crippen molar-refractivity contribution in [3.8, 4) is 11.5 Å². The fourth-order valence-electron chi connectivity index (χ4n) is 5.30. The molecule has 8 nitrogen and oxygen atoms in total. The van der Waals surface area contributed by atoms with Crippen molar-refractivity contribution in [2.75, 3.05) is 44.2 Å². The largest absolute Gasteiger partial charge is 0.451 e. The number of hydrogen-bond donors (Lipinski definition) is 1. The van der Waals surface area contributed by atoms with Crippen LogP contribution >= 0.6 is 0 Å². The molecule has 0 bridgehead atoms. The molecule has 0 unspecified atom stereocenters. The standard InChI is InChI=1S/C25H32FN5O3/c1-17(32)21-10-18(26)2-5-22(21)34-23-11-28-16-29-24(23)31-14-25(15-31)6-8-30(9-7-25)12-20-4-3-19(27)13-33-20/h2,5,10-11,16,19-20H,3-4,6-9,12-15,27H2,1H3/t19-,20+/m1/s1. The number of benzene rings is 1. The number of aromatic nitrogens is 2. The van der Waals surface area contributed by atoms with Gasteiger partial charge in [0.15, 0.2) is 17.4 Å². The minimum atomic E-state index is -0.475. The van der Waals surface area contributed by atoms with Crippen LogP contribution < -0.4 is 15.4 Å². The van der Waals surface area contributed by atoms with Crippen molar-refractivity contribution in [1.29, 1.82) is 0 Å². The molecule has 0 amide bonds. The van der Waals surface area contributed by atoms with E-state index in [0.29, 0.717) is 30.0 Å². The van der Waals surface area contributed by atoms with Crippen LogP contribution in [0.5, 0.6) is 11.5 Å². The van der Waals surface area contributed by atoms with Crippen LogP contribution in [0.25, 0.3) is 0 Å². The van der Waals surface area contributed by atoms with Gasteiger partial charge in [-0.1, -0.05) is 0 Å². The Morgan fingerprint density at radius 1 is 1.26 bits per heavy atom. The summed E-state index contributed by atoms with van der Waals surface area (Å²) >= 11 is 0. The van der Waals surface area contributed by atoms with Crippen LogP contribution in [-0.4, -0.2) is 72.1 Å². The maximum atomic E-state index is 13.6. The fourth-order valence-corrected chi connectivity index (χ4v) is 5.30. The highest BCUT2D eigenvalue weighted by molar-refractivity contribution is 5.97. The molecule has 3 saturated heterocycles. The minimum absolute atomic E-state index is 0.189. The first kappa shape index (κ1) is 23.1. The van der Waals surface area contributed by atoms with Crippen LogP contribution in [0.4, 0.5) is 10.2 Å². The van der Waals surface area contributed by atoms with E-state index in [-0.39, 0.29) is 22.8 Å². The SMILES string of the molecule is CC(=O)c1cc(F)ccc1Oc1cncnc1N1CC2(CCN(C[C@@H]3CC[C@@H](N)CO3)CC2)C1. The van der Waals surface area contributed by atoms with Gasteiger partial charge < -0.3 is 25.0 Å². The molecule has 182 valence electrons. The fraction of sp³-hybridized carbons (Fsp3) is 0.560. The number of Topliss-reactive ketones (excluding diaryl/α,β-unsaturated/α-hetero) is 1. The number of ether oxygens (including phenoxy) is 2. The zero-order chi connectivity index (χ0) is 23.7. The molecule has 4 heterocycles. The molecule has 3 aliphatic rings. The predicted octanol–water partition coefficient (Wildman–Crippen LogP) is 3.02. The van der Waals surface area contributed by atoms with Crippen LogP contribution in [0, 0.1) is 11.2 Å². The van der Waals surface area contributed by atoms with Crippen LogP contribution in [0.2, 0.25) is 0 Å². The summed E-state index contributed by atoms with van der Waals surface area (Å²) < 4.78 is 25.6. The Morgan fingerprint density at radius 2 is 2.06 bits per heavy atom. The molecule has 0 saturated carbocycles. The third-order valence-corrected chi connectivity index (χ3v) is 7.34. The second-order valence-corrected chi connectivity index (χ2v) is 9.96. The van der Waals surface area contributed by atoms with Gasteiger partial charge in [0, 0.05) is 31.1 Å². The van der Waals surface area contributed by atoms with E-state index in [1.165, 1.54) is 31.5 Å². The predicted molar refractivity (Wildman–Crippen MR) is 126 cm³/mol. The van der Waals surface area contributed by atoms with Gasteiger partial charge in [-0.05, 0) is 63.9 Å². The topological polar surface area (TPSA) is 93.8 Å². The van der Waals surface area contributed by atoms with E-state index in [9.17, 15) is 9.18 Å². The number of halogens is 1. The third-order valence-electron chi connectivity index (χ3n) is 7.34. The van der Waals surface area contributed by atoms with E-state index in [1.807, 2.05) is 0 Å². The lowest BCUT2D eigenvalue weighted by molar-refractivity contribution is -0.0277.